The van der Waals surface area contributed by atoms with Crippen LogP contribution in [0.15, 0.2) is 18.2 Å². The minimum atomic E-state index is -0.322. The van der Waals surface area contributed by atoms with Crippen LogP contribution in [0, 0.1) is 0 Å². The molecule has 0 aliphatic rings. The lowest BCUT2D eigenvalue weighted by Crippen LogP contribution is -2.37. The topological polar surface area (TPSA) is 84.6 Å². The molecule has 0 aliphatic carbocycles. The SMILES string of the molecule is CCOc1cccc(N)c1C(=O)NC(CC)CO. The van der Waals surface area contributed by atoms with E-state index in [9.17, 15) is 4.79 Å². The van der Waals surface area contributed by atoms with Crippen LogP contribution in [0.2, 0.25) is 0 Å². The van der Waals surface area contributed by atoms with Crippen LogP contribution < -0.4 is 15.8 Å². The highest BCUT2D eigenvalue weighted by Gasteiger charge is 2.18. The van der Waals surface area contributed by atoms with Gasteiger partial charge in [-0.2, -0.15) is 0 Å². The van der Waals surface area contributed by atoms with Crippen molar-refractivity contribution in [2.75, 3.05) is 18.9 Å². The number of benzene rings is 1. The molecule has 1 aromatic rings. The number of rotatable bonds is 6. The van der Waals surface area contributed by atoms with Crippen LogP contribution in [0.4, 0.5) is 5.69 Å². The van der Waals surface area contributed by atoms with E-state index in [0.717, 1.165) is 0 Å². The van der Waals surface area contributed by atoms with Crippen molar-refractivity contribution in [2.45, 2.75) is 26.3 Å². The Bertz CT molecular complexity index is 403. The largest absolute Gasteiger partial charge is 0.493 e. The summed E-state index contributed by atoms with van der Waals surface area (Å²) in [5.74, 6) is 0.139. The summed E-state index contributed by atoms with van der Waals surface area (Å²) < 4.78 is 5.38. The third kappa shape index (κ3) is 3.37. The van der Waals surface area contributed by atoms with Gasteiger partial charge in [0.1, 0.15) is 11.3 Å². The molecule has 0 saturated carbocycles. The van der Waals surface area contributed by atoms with Gasteiger partial charge in [0.05, 0.1) is 19.3 Å². The van der Waals surface area contributed by atoms with Crippen molar-refractivity contribution in [1.29, 1.82) is 0 Å². The van der Waals surface area contributed by atoms with Crippen molar-refractivity contribution in [3.05, 3.63) is 23.8 Å². The summed E-state index contributed by atoms with van der Waals surface area (Å²) in [6.07, 6.45) is 0.652. The van der Waals surface area contributed by atoms with Crippen molar-refractivity contribution >= 4 is 11.6 Å². The average Bonchev–Trinajstić information content (AvgIpc) is 2.36. The number of ether oxygens (including phenoxy) is 1. The summed E-state index contributed by atoms with van der Waals surface area (Å²) in [6, 6.07) is 4.82. The first-order valence-corrected chi connectivity index (χ1v) is 6.07. The van der Waals surface area contributed by atoms with Crippen molar-refractivity contribution in [1.82, 2.24) is 5.32 Å². The normalized spacial score (nSPS) is 11.9. The molecule has 0 spiro atoms. The second-order valence-electron chi connectivity index (χ2n) is 3.91. The number of hydrogen-bond acceptors (Lipinski definition) is 4. The fourth-order valence-corrected chi connectivity index (χ4v) is 1.60. The maximum Gasteiger partial charge on any atom is 0.257 e. The lowest BCUT2D eigenvalue weighted by atomic mass is 10.1. The number of carbonyl (C=O) groups is 1. The number of carbonyl (C=O) groups excluding carboxylic acids is 1. The van der Waals surface area contributed by atoms with Gasteiger partial charge in [0.15, 0.2) is 0 Å². The van der Waals surface area contributed by atoms with Gasteiger partial charge in [-0.1, -0.05) is 13.0 Å². The zero-order valence-electron chi connectivity index (χ0n) is 10.8. The van der Waals surface area contributed by atoms with Crippen LogP contribution in [0.5, 0.6) is 5.75 Å². The predicted octanol–water partition coefficient (Wildman–Crippen LogP) is 1.17. The molecular weight excluding hydrogens is 232 g/mol. The maximum absolute atomic E-state index is 12.1. The van der Waals surface area contributed by atoms with E-state index >= 15 is 0 Å². The van der Waals surface area contributed by atoms with Crippen molar-refractivity contribution < 1.29 is 14.6 Å². The number of anilines is 1. The number of nitrogen functional groups attached to an aromatic ring is 1. The van der Waals surface area contributed by atoms with E-state index in [0.29, 0.717) is 30.0 Å². The summed E-state index contributed by atoms with van der Waals surface area (Å²) in [6.45, 7) is 4.09. The Labute approximate surface area is 107 Å². The van der Waals surface area contributed by atoms with Gasteiger partial charge in [-0.05, 0) is 25.5 Å². The molecule has 100 valence electrons. The first kappa shape index (κ1) is 14.3. The summed E-state index contributed by atoms with van der Waals surface area (Å²) >= 11 is 0. The average molecular weight is 252 g/mol. The van der Waals surface area contributed by atoms with Gasteiger partial charge in [-0.25, -0.2) is 0 Å². The molecule has 18 heavy (non-hydrogen) atoms. The molecule has 0 aromatic heterocycles. The van der Waals surface area contributed by atoms with Crippen molar-refractivity contribution in [2.24, 2.45) is 0 Å². The highest BCUT2D eigenvalue weighted by atomic mass is 16.5. The van der Waals surface area contributed by atoms with E-state index in [1.165, 1.54) is 0 Å². The third-order valence-electron chi connectivity index (χ3n) is 2.63. The molecule has 0 heterocycles. The molecular formula is C13H20N2O3. The third-order valence-corrected chi connectivity index (χ3v) is 2.63. The zero-order valence-corrected chi connectivity index (χ0v) is 10.8. The Morgan fingerprint density at radius 2 is 2.22 bits per heavy atom. The highest BCUT2D eigenvalue weighted by molar-refractivity contribution is 6.02. The first-order valence-electron chi connectivity index (χ1n) is 6.07. The highest BCUT2D eigenvalue weighted by Crippen LogP contribution is 2.24. The lowest BCUT2D eigenvalue weighted by molar-refractivity contribution is 0.0912. The van der Waals surface area contributed by atoms with E-state index in [1.54, 1.807) is 18.2 Å². The van der Waals surface area contributed by atoms with E-state index < -0.39 is 0 Å². The van der Waals surface area contributed by atoms with Crippen LogP contribution >= 0.6 is 0 Å². The molecule has 1 rings (SSSR count). The maximum atomic E-state index is 12.1. The van der Waals surface area contributed by atoms with Crippen LogP contribution in [-0.2, 0) is 0 Å². The second-order valence-corrected chi connectivity index (χ2v) is 3.91. The Kier molecular flexibility index (Phi) is 5.45. The Balaban J connectivity index is 2.96. The number of aliphatic hydroxyl groups excluding tert-OH is 1. The predicted molar refractivity (Wildman–Crippen MR) is 70.7 cm³/mol. The molecule has 0 bridgehead atoms. The van der Waals surface area contributed by atoms with E-state index in [2.05, 4.69) is 5.32 Å². The molecule has 1 atom stereocenters. The molecule has 5 nitrogen and oxygen atoms in total. The van der Waals surface area contributed by atoms with E-state index in [-0.39, 0.29) is 18.6 Å². The smallest absolute Gasteiger partial charge is 0.257 e. The number of nitrogens with two attached hydrogens (primary N) is 1. The Morgan fingerprint density at radius 3 is 2.78 bits per heavy atom. The minimum Gasteiger partial charge on any atom is -0.493 e. The monoisotopic (exact) mass is 252 g/mol. The van der Waals surface area contributed by atoms with Crippen molar-refractivity contribution in [3.8, 4) is 5.75 Å². The quantitative estimate of drug-likeness (QED) is 0.663. The molecule has 1 aromatic carbocycles. The van der Waals surface area contributed by atoms with Gasteiger partial charge in [-0.15, -0.1) is 0 Å². The summed E-state index contributed by atoms with van der Waals surface area (Å²) in [4.78, 5) is 12.1. The summed E-state index contributed by atoms with van der Waals surface area (Å²) in [7, 11) is 0. The molecule has 0 radical (unpaired) electrons. The Morgan fingerprint density at radius 1 is 1.50 bits per heavy atom. The number of nitrogens with one attached hydrogen (secondary N) is 1. The lowest BCUT2D eigenvalue weighted by Gasteiger charge is -2.17. The van der Waals surface area contributed by atoms with Crippen LogP contribution in [0.25, 0.3) is 0 Å². The number of aliphatic hydroxyl groups is 1. The van der Waals surface area contributed by atoms with Gasteiger partial charge in [0, 0.05) is 5.69 Å². The molecule has 5 heteroatoms. The van der Waals surface area contributed by atoms with Crippen LogP contribution in [0.1, 0.15) is 30.6 Å². The Hall–Kier alpha value is -1.75. The summed E-state index contributed by atoms with van der Waals surface area (Å²) in [5.41, 5.74) is 6.50. The molecule has 0 saturated heterocycles. The van der Waals surface area contributed by atoms with E-state index in [4.69, 9.17) is 15.6 Å². The molecule has 1 amide bonds. The van der Waals surface area contributed by atoms with Gasteiger partial charge in [0.2, 0.25) is 0 Å². The second kappa shape index (κ2) is 6.86. The van der Waals surface area contributed by atoms with Gasteiger partial charge < -0.3 is 20.9 Å². The van der Waals surface area contributed by atoms with Gasteiger partial charge in [0.25, 0.3) is 5.91 Å². The zero-order chi connectivity index (χ0) is 13.5. The molecule has 0 aliphatic heterocycles. The molecule has 0 fully saturated rings. The summed E-state index contributed by atoms with van der Waals surface area (Å²) in [5, 5.41) is 11.8. The first-order chi connectivity index (χ1) is 8.63. The standard InChI is InChI=1S/C13H20N2O3/c1-3-9(8-16)15-13(17)12-10(14)6-5-7-11(12)18-4-2/h5-7,9,16H,3-4,8,14H2,1-2H3,(H,15,17). The number of amides is 1. The minimum absolute atomic E-state index is 0.0983. The van der Waals surface area contributed by atoms with Crippen LogP contribution in [-0.4, -0.2) is 30.3 Å². The van der Waals surface area contributed by atoms with Crippen LogP contribution in [0.3, 0.4) is 0 Å². The van der Waals surface area contributed by atoms with Gasteiger partial charge >= 0.3 is 0 Å². The fourth-order valence-electron chi connectivity index (χ4n) is 1.60. The van der Waals surface area contributed by atoms with Crippen molar-refractivity contribution in [3.63, 3.8) is 0 Å². The molecule has 4 N–H and O–H groups in total. The van der Waals surface area contributed by atoms with E-state index in [1.807, 2.05) is 13.8 Å². The number of hydrogen-bond donors (Lipinski definition) is 3. The van der Waals surface area contributed by atoms with Gasteiger partial charge in [-0.3, -0.25) is 4.79 Å². The fraction of sp³-hybridized carbons (Fsp3) is 0.462. The molecule has 1 unspecified atom stereocenters.